The second-order valence-electron chi connectivity index (χ2n) is 5.35. The average Bonchev–Trinajstić information content (AvgIpc) is 2.61. The molecule has 0 unspecified atom stereocenters. The highest BCUT2D eigenvalue weighted by molar-refractivity contribution is 7.89. The number of nitrogens with one attached hydrogen (secondary N) is 2. The number of benzene rings is 2. The molecule has 0 aromatic heterocycles. The van der Waals surface area contributed by atoms with Gasteiger partial charge < -0.3 is 10.1 Å². The molecule has 1 amide bonds. The van der Waals surface area contributed by atoms with Crippen LogP contribution in [0.15, 0.2) is 53.4 Å². The van der Waals surface area contributed by atoms with E-state index in [0.717, 1.165) is 5.56 Å². The molecule has 26 heavy (non-hydrogen) atoms. The number of carbonyl (C=O) groups excluding carboxylic acids is 2. The Morgan fingerprint density at radius 2 is 1.65 bits per heavy atom. The van der Waals surface area contributed by atoms with Crippen LogP contribution < -0.4 is 10.0 Å². The Kier molecular flexibility index (Phi) is 6.73. The Morgan fingerprint density at radius 1 is 1.04 bits per heavy atom. The summed E-state index contributed by atoms with van der Waals surface area (Å²) in [5.74, 6) is -1.42. The SMILES string of the molecule is Cc1ccc(S(=O)(=O)NCC(=O)OCC(=O)Nc2ccc(Cl)cc2)cc1. The van der Waals surface area contributed by atoms with Crippen LogP contribution in [-0.2, 0) is 24.3 Å². The predicted molar refractivity (Wildman–Crippen MR) is 97.4 cm³/mol. The maximum Gasteiger partial charge on any atom is 0.321 e. The van der Waals surface area contributed by atoms with Crippen LogP contribution in [0.3, 0.4) is 0 Å². The van der Waals surface area contributed by atoms with Crippen LogP contribution in [0.4, 0.5) is 5.69 Å². The van der Waals surface area contributed by atoms with E-state index in [4.69, 9.17) is 16.3 Å². The third-order valence-corrected chi connectivity index (χ3v) is 4.90. The van der Waals surface area contributed by atoms with Gasteiger partial charge in [0.05, 0.1) is 4.90 Å². The largest absolute Gasteiger partial charge is 0.455 e. The van der Waals surface area contributed by atoms with E-state index < -0.39 is 35.1 Å². The van der Waals surface area contributed by atoms with Crippen molar-refractivity contribution < 1.29 is 22.7 Å². The summed E-state index contributed by atoms with van der Waals surface area (Å²) in [6, 6.07) is 12.6. The molecule has 0 spiro atoms. The van der Waals surface area contributed by atoms with Gasteiger partial charge in [-0.1, -0.05) is 29.3 Å². The lowest BCUT2D eigenvalue weighted by Crippen LogP contribution is -2.32. The van der Waals surface area contributed by atoms with Crippen LogP contribution in [0.5, 0.6) is 0 Å². The first-order valence-corrected chi connectivity index (χ1v) is 9.40. The van der Waals surface area contributed by atoms with Gasteiger partial charge in [0.2, 0.25) is 10.0 Å². The molecule has 9 heteroatoms. The van der Waals surface area contributed by atoms with E-state index in [1.165, 1.54) is 12.1 Å². The van der Waals surface area contributed by atoms with E-state index in [0.29, 0.717) is 10.7 Å². The fraction of sp³-hybridized carbons (Fsp3) is 0.176. The van der Waals surface area contributed by atoms with Gasteiger partial charge in [-0.3, -0.25) is 9.59 Å². The third-order valence-electron chi connectivity index (χ3n) is 3.23. The summed E-state index contributed by atoms with van der Waals surface area (Å²) in [4.78, 5) is 23.4. The van der Waals surface area contributed by atoms with Crippen molar-refractivity contribution in [2.24, 2.45) is 0 Å². The summed E-state index contributed by atoms with van der Waals surface area (Å²) in [5.41, 5.74) is 1.41. The van der Waals surface area contributed by atoms with Crippen molar-refractivity contribution in [2.75, 3.05) is 18.5 Å². The lowest BCUT2D eigenvalue weighted by molar-refractivity contribution is -0.146. The molecule has 0 atom stereocenters. The zero-order valence-corrected chi connectivity index (χ0v) is 15.4. The van der Waals surface area contributed by atoms with Crippen molar-refractivity contribution in [2.45, 2.75) is 11.8 Å². The number of ether oxygens (including phenoxy) is 1. The van der Waals surface area contributed by atoms with Gasteiger partial charge in [-0.05, 0) is 43.3 Å². The molecule has 2 rings (SSSR count). The number of hydrogen-bond donors (Lipinski definition) is 2. The van der Waals surface area contributed by atoms with Gasteiger partial charge in [0.1, 0.15) is 6.54 Å². The second kappa shape index (κ2) is 8.79. The van der Waals surface area contributed by atoms with Crippen molar-refractivity contribution in [1.82, 2.24) is 4.72 Å². The smallest absolute Gasteiger partial charge is 0.321 e. The Morgan fingerprint density at radius 3 is 2.27 bits per heavy atom. The molecule has 0 heterocycles. The minimum atomic E-state index is -3.83. The summed E-state index contributed by atoms with van der Waals surface area (Å²) in [7, 11) is -3.83. The Bertz CT molecular complexity index is 880. The number of anilines is 1. The number of carbonyl (C=O) groups is 2. The topological polar surface area (TPSA) is 102 Å². The molecule has 0 fully saturated rings. The van der Waals surface area contributed by atoms with Gasteiger partial charge in [0.25, 0.3) is 5.91 Å². The van der Waals surface area contributed by atoms with E-state index in [-0.39, 0.29) is 4.90 Å². The van der Waals surface area contributed by atoms with Crippen LogP contribution >= 0.6 is 11.6 Å². The van der Waals surface area contributed by atoms with Gasteiger partial charge in [0.15, 0.2) is 6.61 Å². The van der Waals surface area contributed by atoms with Crippen molar-refractivity contribution in [3.63, 3.8) is 0 Å². The first kappa shape index (κ1) is 19.9. The molecule has 0 aliphatic rings. The third kappa shape index (κ3) is 6.14. The minimum absolute atomic E-state index is 0.0383. The molecule has 7 nitrogen and oxygen atoms in total. The average molecular weight is 397 g/mol. The molecule has 0 aliphatic heterocycles. The monoisotopic (exact) mass is 396 g/mol. The van der Waals surface area contributed by atoms with Crippen molar-refractivity contribution in [1.29, 1.82) is 0 Å². The zero-order chi connectivity index (χ0) is 19.2. The van der Waals surface area contributed by atoms with Crippen molar-refractivity contribution in [3.8, 4) is 0 Å². The summed E-state index contributed by atoms with van der Waals surface area (Å²) in [6.07, 6.45) is 0. The number of amides is 1. The lowest BCUT2D eigenvalue weighted by Gasteiger charge is -2.08. The number of aryl methyl sites for hydroxylation is 1. The van der Waals surface area contributed by atoms with Gasteiger partial charge in [0, 0.05) is 10.7 Å². The van der Waals surface area contributed by atoms with Crippen LogP contribution in [0.1, 0.15) is 5.56 Å². The van der Waals surface area contributed by atoms with Gasteiger partial charge >= 0.3 is 5.97 Å². The normalized spacial score (nSPS) is 11.0. The van der Waals surface area contributed by atoms with E-state index in [1.807, 2.05) is 6.92 Å². The molecule has 0 saturated carbocycles. The second-order valence-corrected chi connectivity index (χ2v) is 7.56. The predicted octanol–water partition coefficient (Wildman–Crippen LogP) is 2.11. The van der Waals surface area contributed by atoms with Crippen molar-refractivity contribution >= 4 is 39.2 Å². The number of halogens is 1. The number of esters is 1. The highest BCUT2D eigenvalue weighted by Gasteiger charge is 2.16. The number of hydrogen-bond acceptors (Lipinski definition) is 5. The molecule has 2 N–H and O–H groups in total. The van der Waals surface area contributed by atoms with Gasteiger partial charge in [-0.2, -0.15) is 4.72 Å². The van der Waals surface area contributed by atoms with E-state index in [9.17, 15) is 18.0 Å². The molecule has 138 valence electrons. The summed E-state index contributed by atoms with van der Waals surface area (Å²) >= 11 is 5.74. The van der Waals surface area contributed by atoms with E-state index in [1.54, 1.807) is 36.4 Å². The number of rotatable bonds is 7. The van der Waals surface area contributed by atoms with Crippen LogP contribution in [0, 0.1) is 6.92 Å². The fourth-order valence-electron chi connectivity index (χ4n) is 1.88. The number of sulfonamides is 1. The summed E-state index contributed by atoms with van der Waals surface area (Å²) in [5, 5.41) is 3.04. The highest BCUT2D eigenvalue weighted by Crippen LogP contribution is 2.13. The van der Waals surface area contributed by atoms with Crippen LogP contribution in [0.2, 0.25) is 5.02 Å². The van der Waals surface area contributed by atoms with Crippen LogP contribution in [-0.4, -0.2) is 33.4 Å². The van der Waals surface area contributed by atoms with Gasteiger partial charge in [-0.25, -0.2) is 8.42 Å². The summed E-state index contributed by atoms with van der Waals surface area (Å²) < 4.78 is 31.0. The Labute approximate surface area is 156 Å². The van der Waals surface area contributed by atoms with Gasteiger partial charge in [-0.15, -0.1) is 0 Å². The molecule has 0 radical (unpaired) electrons. The Balaban J connectivity index is 1.78. The van der Waals surface area contributed by atoms with E-state index in [2.05, 4.69) is 10.0 Å². The maximum absolute atomic E-state index is 12.0. The Hall–Kier alpha value is -2.42. The summed E-state index contributed by atoms with van der Waals surface area (Å²) in [6.45, 7) is 0.717. The molecule has 0 bridgehead atoms. The minimum Gasteiger partial charge on any atom is -0.455 e. The molecular formula is C17H17ClN2O5S. The molecule has 2 aromatic carbocycles. The maximum atomic E-state index is 12.0. The molecule has 0 aliphatic carbocycles. The quantitative estimate of drug-likeness (QED) is 0.698. The molecular weight excluding hydrogens is 380 g/mol. The molecule has 2 aromatic rings. The fourth-order valence-corrected chi connectivity index (χ4v) is 2.98. The molecule has 0 saturated heterocycles. The zero-order valence-electron chi connectivity index (χ0n) is 13.9. The standard InChI is InChI=1S/C17H17ClN2O5S/c1-12-2-8-15(9-3-12)26(23,24)19-10-17(22)25-11-16(21)20-14-6-4-13(18)5-7-14/h2-9,19H,10-11H2,1H3,(H,20,21). The van der Waals surface area contributed by atoms with Crippen LogP contribution in [0.25, 0.3) is 0 Å². The van der Waals surface area contributed by atoms with Crippen molar-refractivity contribution in [3.05, 3.63) is 59.1 Å². The first-order chi connectivity index (χ1) is 12.3. The highest BCUT2D eigenvalue weighted by atomic mass is 35.5. The lowest BCUT2D eigenvalue weighted by atomic mass is 10.2. The first-order valence-electron chi connectivity index (χ1n) is 7.54. The van der Waals surface area contributed by atoms with E-state index >= 15 is 0 Å².